The average molecular weight is 298 g/mol. The highest BCUT2D eigenvalue weighted by molar-refractivity contribution is 8.00. The Labute approximate surface area is 119 Å². The first-order valence-electron chi connectivity index (χ1n) is 5.91. The maximum absolute atomic E-state index is 11.3. The normalized spacial score (nSPS) is 25.4. The van der Waals surface area contributed by atoms with Gasteiger partial charge in [0.1, 0.15) is 0 Å². The number of carbonyl (C=O) groups excluding carboxylic acids is 1. The number of benzene rings is 1. The van der Waals surface area contributed by atoms with E-state index in [-0.39, 0.29) is 5.56 Å². The average Bonchev–Trinajstić information content (AvgIpc) is 2.82. The third-order valence-electron chi connectivity index (χ3n) is 2.85. The van der Waals surface area contributed by atoms with Gasteiger partial charge in [-0.05, 0) is 6.07 Å². The molecule has 7 heteroatoms. The Hall–Kier alpha value is -1.57. The number of aromatic carboxylic acids is 1. The fraction of sp³-hybridized carbons (Fsp3) is 0.385. The number of hydrogen-bond donors (Lipinski definition) is 2. The fourth-order valence-electron chi connectivity index (χ4n) is 2.04. The van der Waals surface area contributed by atoms with Crippen LogP contribution in [0.15, 0.2) is 24.3 Å². The van der Waals surface area contributed by atoms with Gasteiger partial charge in [0.25, 0.3) is 0 Å². The Bertz CT molecular complexity index is 531. The van der Waals surface area contributed by atoms with Crippen LogP contribution in [0.1, 0.15) is 22.8 Å². The van der Waals surface area contributed by atoms with Crippen LogP contribution in [0.3, 0.4) is 0 Å². The van der Waals surface area contributed by atoms with Crippen molar-refractivity contribution in [2.24, 2.45) is 0 Å². The number of carboxylic acid groups (broad SMARTS) is 1. The van der Waals surface area contributed by atoms with Crippen LogP contribution in [-0.4, -0.2) is 40.8 Å². The van der Waals surface area contributed by atoms with Gasteiger partial charge in [-0.3, -0.25) is 4.79 Å². The molecule has 0 bridgehead atoms. The SMILES string of the molecule is CC(=O)OC1CS[C@@](CO)(c2ccccc2C(=O)O)O1. The molecule has 6 nitrogen and oxygen atoms in total. The molecule has 2 N–H and O–H groups in total. The lowest BCUT2D eigenvalue weighted by Crippen LogP contribution is -2.31. The second kappa shape index (κ2) is 5.82. The van der Waals surface area contributed by atoms with E-state index >= 15 is 0 Å². The number of rotatable bonds is 4. The summed E-state index contributed by atoms with van der Waals surface area (Å²) in [6.07, 6.45) is -0.800. The first-order valence-corrected chi connectivity index (χ1v) is 6.90. The van der Waals surface area contributed by atoms with Gasteiger partial charge in [0.05, 0.1) is 17.9 Å². The quantitative estimate of drug-likeness (QED) is 0.806. The summed E-state index contributed by atoms with van der Waals surface area (Å²) >= 11 is 1.21. The molecule has 0 amide bonds. The summed E-state index contributed by atoms with van der Waals surface area (Å²) in [5, 5.41) is 18.9. The third-order valence-corrected chi connectivity index (χ3v) is 4.20. The summed E-state index contributed by atoms with van der Waals surface area (Å²) in [5.41, 5.74) is 0.409. The van der Waals surface area contributed by atoms with Crippen LogP contribution in [0.4, 0.5) is 0 Å². The smallest absolute Gasteiger partial charge is 0.336 e. The highest BCUT2D eigenvalue weighted by Gasteiger charge is 2.45. The Balaban J connectivity index is 2.34. The highest BCUT2D eigenvalue weighted by atomic mass is 32.2. The molecular weight excluding hydrogens is 284 g/mol. The van der Waals surface area contributed by atoms with Crippen LogP contribution in [0.5, 0.6) is 0 Å². The minimum atomic E-state index is -1.23. The van der Waals surface area contributed by atoms with Crippen molar-refractivity contribution in [1.82, 2.24) is 0 Å². The minimum absolute atomic E-state index is 0.0533. The molecule has 0 aromatic heterocycles. The molecule has 1 aromatic carbocycles. The van der Waals surface area contributed by atoms with Crippen molar-refractivity contribution in [3.05, 3.63) is 35.4 Å². The zero-order valence-corrected chi connectivity index (χ0v) is 11.6. The van der Waals surface area contributed by atoms with Crippen molar-refractivity contribution in [3.8, 4) is 0 Å². The van der Waals surface area contributed by atoms with Crippen LogP contribution in [0, 0.1) is 0 Å². The molecule has 1 saturated heterocycles. The predicted octanol–water partition coefficient (Wildman–Crippen LogP) is 1.18. The Morgan fingerprint density at radius 1 is 1.50 bits per heavy atom. The van der Waals surface area contributed by atoms with E-state index in [9.17, 15) is 19.8 Å². The Morgan fingerprint density at radius 3 is 2.80 bits per heavy atom. The second-order valence-electron chi connectivity index (χ2n) is 4.23. The standard InChI is InChI=1S/C13H14O6S/c1-8(15)18-11-6-20-13(7-14,19-11)10-5-3-2-4-9(10)12(16)17/h2-5,11,14H,6-7H2,1H3,(H,16,17)/t11?,13-/m0/s1. The molecular formula is C13H14O6S. The topological polar surface area (TPSA) is 93.1 Å². The molecule has 2 rings (SSSR count). The van der Waals surface area contributed by atoms with E-state index in [1.807, 2.05) is 0 Å². The van der Waals surface area contributed by atoms with Gasteiger partial charge in [0.2, 0.25) is 6.29 Å². The third kappa shape index (κ3) is 2.79. The number of carbonyl (C=O) groups is 2. The molecule has 108 valence electrons. The molecule has 2 atom stereocenters. The van der Waals surface area contributed by atoms with Gasteiger partial charge in [-0.15, -0.1) is 11.8 Å². The van der Waals surface area contributed by atoms with E-state index in [0.29, 0.717) is 11.3 Å². The molecule has 1 aromatic rings. The molecule has 1 unspecified atom stereocenters. The number of aliphatic hydroxyl groups is 1. The first-order chi connectivity index (χ1) is 9.48. The van der Waals surface area contributed by atoms with Crippen molar-refractivity contribution < 1.29 is 29.3 Å². The highest BCUT2D eigenvalue weighted by Crippen LogP contribution is 2.46. The van der Waals surface area contributed by atoms with Crippen LogP contribution in [0.25, 0.3) is 0 Å². The molecule has 1 fully saturated rings. The molecule has 0 saturated carbocycles. The molecule has 0 aliphatic carbocycles. The number of esters is 1. The van der Waals surface area contributed by atoms with Crippen LogP contribution >= 0.6 is 11.8 Å². The maximum Gasteiger partial charge on any atom is 0.336 e. The number of thioether (sulfide) groups is 1. The second-order valence-corrected chi connectivity index (χ2v) is 5.51. The van der Waals surface area contributed by atoms with Gasteiger partial charge in [-0.2, -0.15) is 0 Å². The van der Waals surface area contributed by atoms with Gasteiger partial charge in [-0.1, -0.05) is 18.2 Å². The largest absolute Gasteiger partial charge is 0.478 e. The molecule has 1 aliphatic rings. The minimum Gasteiger partial charge on any atom is -0.478 e. The molecule has 1 aliphatic heterocycles. The first kappa shape index (κ1) is 14.8. The monoisotopic (exact) mass is 298 g/mol. The van der Waals surface area contributed by atoms with E-state index in [2.05, 4.69) is 0 Å². The van der Waals surface area contributed by atoms with Crippen molar-refractivity contribution in [3.63, 3.8) is 0 Å². The van der Waals surface area contributed by atoms with E-state index < -0.39 is 29.8 Å². The molecule has 1 heterocycles. The van der Waals surface area contributed by atoms with Gasteiger partial charge in [0.15, 0.2) is 4.93 Å². The number of aliphatic hydroxyl groups excluding tert-OH is 1. The van der Waals surface area contributed by atoms with Crippen LogP contribution in [-0.2, 0) is 19.2 Å². The van der Waals surface area contributed by atoms with E-state index in [4.69, 9.17) is 9.47 Å². The Morgan fingerprint density at radius 2 is 2.20 bits per heavy atom. The fourth-order valence-corrected chi connectivity index (χ4v) is 3.18. The van der Waals surface area contributed by atoms with Crippen molar-refractivity contribution in [1.29, 1.82) is 0 Å². The molecule has 20 heavy (non-hydrogen) atoms. The van der Waals surface area contributed by atoms with E-state index in [1.165, 1.54) is 24.8 Å². The Kier molecular flexibility index (Phi) is 4.32. The summed E-state index contributed by atoms with van der Waals surface area (Å²) in [6.45, 7) is 0.845. The number of ether oxygens (including phenoxy) is 2. The number of carboxylic acids is 1. The zero-order chi connectivity index (χ0) is 14.8. The van der Waals surface area contributed by atoms with E-state index in [0.717, 1.165) is 0 Å². The number of hydrogen-bond acceptors (Lipinski definition) is 6. The zero-order valence-electron chi connectivity index (χ0n) is 10.7. The van der Waals surface area contributed by atoms with Gasteiger partial charge < -0.3 is 19.7 Å². The lowest BCUT2D eigenvalue weighted by atomic mass is 10.0. The summed E-state index contributed by atoms with van der Waals surface area (Å²) in [4.78, 5) is 21.0. The van der Waals surface area contributed by atoms with Crippen molar-refractivity contribution in [2.75, 3.05) is 12.4 Å². The molecule has 0 radical (unpaired) electrons. The van der Waals surface area contributed by atoms with Gasteiger partial charge in [0, 0.05) is 12.5 Å². The maximum atomic E-state index is 11.3. The summed E-state index contributed by atoms with van der Waals surface area (Å²) in [5.74, 6) is -1.27. The lowest BCUT2D eigenvalue weighted by Gasteiger charge is -2.27. The summed E-state index contributed by atoms with van der Waals surface area (Å²) < 4.78 is 10.5. The predicted molar refractivity (Wildman–Crippen MR) is 71.3 cm³/mol. The van der Waals surface area contributed by atoms with Crippen molar-refractivity contribution in [2.45, 2.75) is 18.1 Å². The van der Waals surface area contributed by atoms with Gasteiger partial charge >= 0.3 is 11.9 Å². The molecule has 0 spiro atoms. The van der Waals surface area contributed by atoms with Crippen LogP contribution < -0.4 is 0 Å². The van der Waals surface area contributed by atoms with E-state index in [1.54, 1.807) is 18.2 Å². The van der Waals surface area contributed by atoms with Gasteiger partial charge in [-0.25, -0.2) is 4.79 Å². The van der Waals surface area contributed by atoms with Crippen molar-refractivity contribution >= 4 is 23.7 Å². The van der Waals surface area contributed by atoms with Crippen LogP contribution in [0.2, 0.25) is 0 Å². The lowest BCUT2D eigenvalue weighted by molar-refractivity contribution is -0.186. The summed E-state index contributed by atoms with van der Waals surface area (Å²) in [6, 6.07) is 6.30. The summed E-state index contributed by atoms with van der Waals surface area (Å²) in [7, 11) is 0.